The first-order valence-electron chi connectivity index (χ1n) is 6.93. The van der Waals surface area contributed by atoms with E-state index in [9.17, 15) is 5.11 Å². The highest BCUT2D eigenvalue weighted by Crippen LogP contribution is 2.23. The van der Waals surface area contributed by atoms with Crippen LogP contribution in [0.5, 0.6) is 0 Å². The molecule has 2 heterocycles. The Hall–Kier alpha value is -2.18. The maximum atomic E-state index is 9.48. The lowest BCUT2D eigenvalue weighted by Crippen LogP contribution is -2.48. The lowest BCUT2D eigenvalue weighted by atomic mass is 10.2. The number of benzene rings is 1. The Morgan fingerprint density at radius 3 is 2.86 bits per heavy atom. The number of morpholine rings is 1. The van der Waals surface area contributed by atoms with Gasteiger partial charge in [-0.1, -0.05) is 30.3 Å². The van der Waals surface area contributed by atoms with Crippen LogP contribution in [0.2, 0.25) is 0 Å². The van der Waals surface area contributed by atoms with Gasteiger partial charge in [0, 0.05) is 18.2 Å². The van der Waals surface area contributed by atoms with Gasteiger partial charge in [-0.15, -0.1) is 0 Å². The molecule has 0 saturated carbocycles. The quantitative estimate of drug-likeness (QED) is 0.873. The lowest BCUT2D eigenvalue weighted by molar-refractivity contribution is 0.0723. The van der Waals surface area contributed by atoms with Gasteiger partial charge in [-0.05, 0) is 0 Å². The van der Waals surface area contributed by atoms with Gasteiger partial charge in [0.2, 0.25) is 0 Å². The molecule has 3 N–H and O–H groups in total. The molecule has 2 aromatic rings. The Morgan fingerprint density at radius 2 is 2.10 bits per heavy atom. The molecule has 3 rings (SSSR count). The van der Waals surface area contributed by atoms with Gasteiger partial charge in [-0.3, -0.25) is 0 Å². The van der Waals surface area contributed by atoms with Crippen LogP contribution in [0.1, 0.15) is 0 Å². The molecule has 1 aromatic carbocycles. The van der Waals surface area contributed by atoms with Crippen LogP contribution in [0.15, 0.2) is 36.4 Å². The van der Waals surface area contributed by atoms with Crippen molar-refractivity contribution in [3.8, 4) is 11.4 Å². The number of aliphatic hydroxyl groups is 1. The first kappa shape index (κ1) is 13.8. The predicted molar refractivity (Wildman–Crippen MR) is 80.9 cm³/mol. The summed E-state index contributed by atoms with van der Waals surface area (Å²) in [6, 6.07) is 11.3. The van der Waals surface area contributed by atoms with E-state index in [1.807, 2.05) is 35.2 Å². The van der Waals surface area contributed by atoms with Crippen LogP contribution in [0.3, 0.4) is 0 Å². The van der Waals surface area contributed by atoms with Crippen molar-refractivity contribution in [2.75, 3.05) is 37.0 Å². The van der Waals surface area contributed by atoms with E-state index < -0.39 is 0 Å². The maximum Gasteiger partial charge on any atom is 0.163 e. The number of anilines is 2. The van der Waals surface area contributed by atoms with Crippen molar-refractivity contribution in [1.29, 1.82) is 0 Å². The van der Waals surface area contributed by atoms with Crippen LogP contribution in [0.4, 0.5) is 11.6 Å². The van der Waals surface area contributed by atoms with Crippen LogP contribution >= 0.6 is 0 Å². The minimum absolute atomic E-state index is 0.0184. The average molecular weight is 286 g/mol. The van der Waals surface area contributed by atoms with E-state index in [2.05, 4.69) is 9.97 Å². The highest BCUT2D eigenvalue weighted by atomic mass is 16.5. The molecule has 1 aliphatic heterocycles. The van der Waals surface area contributed by atoms with Crippen LogP contribution in [0.25, 0.3) is 11.4 Å². The van der Waals surface area contributed by atoms with Crippen LogP contribution in [0, 0.1) is 0 Å². The first-order chi connectivity index (χ1) is 10.3. The molecule has 21 heavy (non-hydrogen) atoms. The SMILES string of the molecule is Nc1cc(N2CCOCC2CO)nc(-c2ccccc2)n1. The summed E-state index contributed by atoms with van der Waals surface area (Å²) in [5.74, 6) is 1.74. The van der Waals surface area contributed by atoms with Gasteiger partial charge >= 0.3 is 0 Å². The molecular weight excluding hydrogens is 268 g/mol. The van der Waals surface area contributed by atoms with Gasteiger partial charge < -0.3 is 20.5 Å². The number of nitrogen functional groups attached to an aromatic ring is 1. The maximum absolute atomic E-state index is 9.48. The molecule has 110 valence electrons. The Kier molecular flexibility index (Phi) is 3.98. The minimum atomic E-state index is -0.100. The van der Waals surface area contributed by atoms with Crippen molar-refractivity contribution in [2.45, 2.75) is 6.04 Å². The molecule has 0 aliphatic carbocycles. The van der Waals surface area contributed by atoms with Gasteiger partial charge in [0.1, 0.15) is 11.6 Å². The fourth-order valence-electron chi connectivity index (χ4n) is 2.42. The number of nitrogens with zero attached hydrogens (tertiary/aromatic N) is 3. The van der Waals surface area contributed by atoms with Gasteiger partial charge in [0.15, 0.2) is 5.82 Å². The molecule has 1 fully saturated rings. The molecule has 1 aromatic heterocycles. The number of rotatable bonds is 3. The summed E-state index contributed by atoms with van der Waals surface area (Å²) in [7, 11) is 0. The second kappa shape index (κ2) is 6.07. The summed E-state index contributed by atoms with van der Waals surface area (Å²) < 4.78 is 5.39. The summed E-state index contributed by atoms with van der Waals surface area (Å²) >= 11 is 0. The van der Waals surface area contributed by atoms with Crippen molar-refractivity contribution in [2.24, 2.45) is 0 Å². The average Bonchev–Trinajstić information content (AvgIpc) is 2.55. The van der Waals surface area contributed by atoms with Crippen LogP contribution in [-0.2, 0) is 4.74 Å². The molecular formula is C15H18N4O2. The molecule has 0 radical (unpaired) electrons. The molecule has 1 unspecified atom stereocenters. The third-order valence-corrected chi connectivity index (χ3v) is 3.50. The number of aromatic nitrogens is 2. The van der Waals surface area contributed by atoms with Crippen molar-refractivity contribution in [1.82, 2.24) is 9.97 Å². The summed E-state index contributed by atoms with van der Waals surface area (Å²) in [6.45, 7) is 1.79. The predicted octanol–water partition coefficient (Wildman–Crippen LogP) is 0.923. The monoisotopic (exact) mass is 286 g/mol. The molecule has 1 aliphatic rings. The van der Waals surface area contributed by atoms with E-state index in [1.165, 1.54) is 0 Å². The zero-order valence-electron chi connectivity index (χ0n) is 11.6. The number of ether oxygens (including phenoxy) is 1. The van der Waals surface area contributed by atoms with Crippen molar-refractivity contribution in [3.05, 3.63) is 36.4 Å². The zero-order valence-corrected chi connectivity index (χ0v) is 11.6. The normalized spacial score (nSPS) is 18.7. The van der Waals surface area contributed by atoms with Crippen molar-refractivity contribution in [3.63, 3.8) is 0 Å². The van der Waals surface area contributed by atoms with Crippen molar-refractivity contribution >= 4 is 11.6 Å². The highest BCUT2D eigenvalue weighted by molar-refractivity contribution is 5.61. The van der Waals surface area contributed by atoms with E-state index >= 15 is 0 Å². The summed E-state index contributed by atoms with van der Waals surface area (Å²) in [5.41, 5.74) is 6.84. The van der Waals surface area contributed by atoms with Crippen molar-refractivity contribution < 1.29 is 9.84 Å². The fraction of sp³-hybridized carbons (Fsp3) is 0.333. The van der Waals surface area contributed by atoms with Gasteiger partial charge in [0.05, 0.1) is 25.9 Å². The Morgan fingerprint density at radius 1 is 1.29 bits per heavy atom. The van der Waals surface area contributed by atoms with Gasteiger partial charge in [-0.25, -0.2) is 9.97 Å². The number of hydrogen-bond acceptors (Lipinski definition) is 6. The van der Waals surface area contributed by atoms with Crippen LogP contribution < -0.4 is 10.6 Å². The zero-order chi connectivity index (χ0) is 14.7. The topological polar surface area (TPSA) is 84.5 Å². The second-order valence-corrected chi connectivity index (χ2v) is 4.95. The first-order valence-corrected chi connectivity index (χ1v) is 6.93. The van der Waals surface area contributed by atoms with E-state index in [-0.39, 0.29) is 12.6 Å². The molecule has 0 amide bonds. The lowest BCUT2D eigenvalue weighted by Gasteiger charge is -2.35. The van der Waals surface area contributed by atoms with Crippen LogP contribution in [-0.4, -0.2) is 47.5 Å². The Balaban J connectivity index is 1.97. The minimum Gasteiger partial charge on any atom is -0.394 e. The fourth-order valence-corrected chi connectivity index (χ4v) is 2.42. The molecule has 0 bridgehead atoms. The number of hydrogen-bond donors (Lipinski definition) is 2. The van der Waals surface area contributed by atoms with E-state index in [4.69, 9.17) is 10.5 Å². The summed E-state index contributed by atoms with van der Waals surface area (Å²) in [4.78, 5) is 10.9. The summed E-state index contributed by atoms with van der Waals surface area (Å²) in [5, 5.41) is 9.48. The summed E-state index contributed by atoms with van der Waals surface area (Å²) in [6.07, 6.45) is 0. The van der Waals surface area contributed by atoms with Gasteiger partial charge in [0.25, 0.3) is 0 Å². The highest BCUT2D eigenvalue weighted by Gasteiger charge is 2.24. The van der Waals surface area contributed by atoms with Gasteiger partial charge in [-0.2, -0.15) is 0 Å². The largest absolute Gasteiger partial charge is 0.394 e. The van der Waals surface area contributed by atoms with E-state index in [1.54, 1.807) is 6.07 Å². The Labute approximate surface area is 123 Å². The molecule has 0 spiro atoms. The number of aliphatic hydroxyl groups excluding tert-OH is 1. The third-order valence-electron chi connectivity index (χ3n) is 3.50. The van der Waals surface area contributed by atoms with E-state index in [0.29, 0.717) is 31.4 Å². The molecule has 1 saturated heterocycles. The molecule has 6 heteroatoms. The van der Waals surface area contributed by atoms with E-state index in [0.717, 1.165) is 11.4 Å². The smallest absolute Gasteiger partial charge is 0.163 e. The number of nitrogens with two attached hydrogens (primary N) is 1. The third kappa shape index (κ3) is 2.96. The molecule has 1 atom stereocenters. The standard InChI is InChI=1S/C15H18N4O2/c16-13-8-14(19-6-7-21-10-12(19)9-20)18-15(17-13)11-4-2-1-3-5-11/h1-5,8,12,20H,6-7,9-10H2,(H2,16,17,18). The Bertz CT molecular complexity index is 606. The second-order valence-electron chi connectivity index (χ2n) is 4.95. The molecule has 6 nitrogen and oxygen atoms in total.